The minimum absolute atomic E-state index is 0.104. The van der Waals surface area contributed by atoms with Gasteiger partial charge in [-0.3, -0.25) is 32.5 Å². The molecule has 604 valence electrons. The molecule has 0 spiro atoms. The second-order valence-corrected chi connectivity index (χ2v) is 30.4. The predicted octanol–water partition coefficient (Wildman–Crippen LogP) is 24.7. The molecule has 5 unspecified atom stereocenters. The molecule has 0 saturated heterocycles. The summed E-state index contributed by atoms with van der Waals surface area (Å²) in [6, 6.07) is 0. The molecule has 5 atom stereocenters. The first-order valence-electron chi connectivity index (χ1n) is 41.5. The minimum atomic E-state index is -4.93. The maximum atomic E-state index is 12.9. The Morgan fingerprint density at radius 3 is 0.800 bits per heavy atom. The summed E-state index contributed by atoms with van der Waals surface area (Å²) < 4.78 is 61.1. The highest BCUT2D eigenvalue weighted by atomic mass is 31.2. The van der Waals surface area contributed by atoms with E-state index in [9.17, 15) is 43.5 Å². The maximum Gasteiger partial charge on any atom is 0.472 e. The van der Waals surface area contributed by atoms with Gasteiger partial charge in [-0.1, -0.05) is 341 Å². The number of phosphoric ester groups is 2. The molecule has 0 bridgehead atoms. The van der Waals surface area contributed by atoms with Gasteiger partial charge in [0.1, 0.15) is 25.4 Å². The van der Waals surface area contributed by atoms with Gasteiger partial charge in [-0.05, 0) is 116 Å². The molecule has 0 aliphatic heterocycles. The molecule has 18 heteroatoms. The summed E-state index contributed by atoms with van der Waals surface area (Å²) in [4.78, 5) is 58.6. The van der Waals surface area contributed by atoms with Crippen molar-refractivity contribution in [3.63, 3.8) is 0 Å². The molecular weight excluding hydrogens is 1360 g/mol. The number of allylic oxidation sites excluding steroid dienone is 22. The Morgan fingerprint density at radius 2 is 0.505 bits per heavy atom. The van der Waals surface area contributed by atoms with Crippen LogP contribution in [0.2, 0.25) is 0 Å². The molecule has 0 aromatic heterocycles. The minimum Gasteiger partial charge on any atom is -0.463 e. The molecule has 0 heterocycles. The highest BCUT2D eigenvalue weighted by Crippen LogP contribution is 2.45. The zero-order valence-corrected chi connectivity index (χ0v) is 67.9. The average molecular weight is 1510 g/mol. The number of carbonyl (C=O) groups is 3. The third-order valence-electron chi connectivity index (χ3n) is 17.4. The number of esters is 3. The van der Waals surface area contributed by atoms with Crippen LogP contribution < -0.4 is 0 Å². The smallest absolute Gasteiger partial charge is 0.463 e. The fourth-order valence-electron chi connectivity index (χ4n) is 11.1. The Labute approximate surface area is 639 Å². The van der Waals surface area contributed by atoms with E-state index < -0.39 is 91.5 Å². The van der Waals surface area contributed by atoms with Crippen LogP contribution in [0.5, 0.6) is 0 Å². The molecule has 0 radical (unpaired) electrons. The normalized spacial score (nSPS) is 14.6. The van der Waals surface area contributed by atoms with Crippen LogP contribution in [0.3, 0.4) is 0 Å². The molecule has 4 N–H and O–H groups in total. The van der Waals surface area contributed by atoms with Crippen LogP contribution >= 0.6 is 15.6 Å². The van der Waals surface area contributed by atoms with Crippen LogP contribution in [0, 0.1) is 0 Å². The summed E-state index contributed by atoms with van der Waals surface area (Å²) in [5.41, 5.74) is 0. The summed E-state index contributed by atoms with van der Waals surface area (Å²) >= 11 is 0. The number of unbranched alkanes of at least 4 members (excludes halogenated alkanes) is 33. The molecule has 0 amide bonds. The van der Waals surface area contributed by atoms with E-state index in [-0.39, 0.29) is 19.3 Å². The van der Waals surface area contributed by atoms with Crippen molar-refractivity contribution in [2.24, 2.45) is 0 Å². The third kappa shape index (κ3) is 80.5. The summed E-state index contributed by atoms with van der Waals surface area (Å²) in [6.07, 6.45) is 96.6. The number of carbonyl (C=O) groups excluding carboxylic acids is 3. The highest BCUT2D eigenvalue weighted by molar-refractivity contribution is 7.47. The second kappa shape index (κ2) is 79.2. The first kappa shape index (κ1) is 101. The van der Waals surface area contributed by atoms with Gasteiger partial charge in [-0.2, -0.15) is 0 Å². The lowest BCUT2D eigenvalue weighted by Gasteiger charge is -2.21. The summed E-state index contributed by atoms with van der Waals surface area (Å²) in [6.45, 7) is 2.46. The average Bonchev–Trinajstić information content (AvgIpc) is 0.918. The van der Waals surface area contributed by atoms with E-state index in [0.717, 1.165) is 148 Å². The number of ether oxygens (including phenoxy) is 3. The first-order valence-corrected chi connectivity index (χ1v) is 44.5. The van der Waals surface area contributed by atoms with Gasteiger partial charge < -0.3 is 34.2 Å². The van der Waals surface area contributed by atoms with Gasteiger partial charge in [0, 0.05) is 19.3 Å². The summed E-state index contributed by atoms with van der Waals surface area (Å²) in [5, 5.41) is 20.6. The van der Waals surface area contributed by atoms with Gasteiger partial charge in [-0.25, -0.2) is 9.13 Å². The SMILES string of the molecule is CC/C=C\C/C=C\C/C=C\C/C=C\C/C=C\C/C=C\CCCCCCCCCCC(=O)OCC(COP(=O)(O)OCC(O)COP(=O)(O)OCC(O)COC(=O)CCCCCCCCCCCCCCCCC/C=C\C/C=C\C/C=C\C/C=C\C/C=C\CC)OC(=O)CCCCCCCCCCCCC. The standard InChI is InChI=1S/C87H150O16P2/c1-4-7-10-13-16-19-22-24-26-28-30-32-34-36-38-39-40-41-43-45-46-48-50-52-54-56-59-61-64-67-70-73-85(90)97-76-82(88)77-99-104(93,94)100-78-83(89)79-101-105(95,96)102-81-84(103-87(92)75-72-69-66-63-58-21-18-15-12-9-6-3)80-98-86(91)74-71-68-65-62-60-57-55-53-51-49-47-44-42-37-35-33-31-29-27-25-23-20-17-14-11-8-5-2/h7-8,10-11,16-17,19-20,24-27,30-33,36-38,42,47,49,82-84,88-89H,4-6,9,12-15,18,21-23,28-29,34-35,39-41,43-46,48,50-81H2,1-3H3,(H,93,94)(H,95,96)/b10-7-,11-8-,19-16-,20-17-,26-24-,27-25-,32-30-,33-31-,38-36-,42-37-,49-47-. The molecule has 0 aromatic rings. The molecular formula is C87H150O16P2. The third-order valence-corrected chi connectivity index (χ3v) is 19.3. The van der Waals surface area contributed by atoms with E-state index in [1.807, 2.05) is 0 Å². The maximum absolute atomic E-state index is 12.9. The van der Waals surface area contributed by atoms with Gasteiger partial charge in [0.2, 0.25) is 0 Å². The zero-order valence-electron chi connectivity index (χ0n) is 66.1. The largest absolute Gasteiger partial charge is 0.472 e. The molecule has 16 nitrogen and oxygen atoms in total. The number of rotatable bonds is 78. The van der Waals surface area contributed by atoms with E-state index >= 15 is 0 Å². The Hall–Kier alpha value is -4.31. The van der Waals surface area contributed by atoms with Crippen LogP contribution in [0.25, 0.3) is 0 Å². The van der Waals surface area contributed by atoms with E-state index in [0.29, 0.717) is 19.3 Å². The Morgan fingerprint density at radius 1 is 0.276 bits per heavy atom. The summed E-state index contributed by atoms with van der Waals surface area (Å²) in [7, 11) is -9.79. The molecule has 0 aliphatic carbocycles. The van der Waals surface area contributed by atoms with E-state index in [1.54, 1.807) is 0 Å². The lowest BCUT2D eigenvalue weighted by Crippen LogP contribution is -2.30. The molecule has 105 heavy (non-hydrogen) atoms. The zero-order chi connectivity index (χ0) is 76.6. The quantitative estimate of drug-likeness (QED) is 0.0146. The topological polar surface area (TPSA) is 231 Å². The van der Waals surface area contributed by atoms with Crippen LogP contribution in [-0.4, -0.2) is 95.9 Å². The summed E-state index contributed by atoms with van der Waals surface area (Å²) in [5.74, 6) is -1.58. The number of aliphatic hydroxyl groups excluding tert-OH is 2. The highest BCUT2D eigenvalue weighted by Gasteiger charge is 2.29. The molecule has 0 aromatic carbocycles. The molecule has 0 aliphatic rings. The molecule has 0 saturated carbocycles. The van der Waals surface area contributed by atoms with Gasteiger partial charge in [-0.15, -0.1) is 0 Å². The fourth-order valence-corrected chi connectivity index (χ4v) is 12.7. The lowest BCUT2D eigenvalue weighted by molar-refractivity contribution is -0.161. The van der Waals surface area contributed by atoms with Crippen LogP contribution in [0.4, 0.5) is 0 Å². The van der Waals surface area contributed by atoms with Gasteiger partial charge in [0.25, 0.3) is 0 Å². The van der Waals surface area contributed by atoms with E-state index in [4.69, 9.17) is 32.3 Å². The van der Waals surface area contributed by atoms with Crippen molar-refractivity contribution in [2.75, 3.05) is 39.6 Å². The fraction of sp³-hybridized carbons (Fsp3) is 0.713. The monoisotopic (exact) mass is 1510 g/mol. The van der Waals surface area contributed by atoms with Crippen LogP contribution in [-0.2, 0) is 55.8 Å². The van der Waals surface area contributed by atoms with Crippen LogP contribution in [0.15, 0.2) is 134 Å². The van der Waals surface area contributed by atoms with Crippen LogP contribution in [0.1, 0.15) is 342 Å². The van der Waals surface area contributed by atoms with Crippen molar-refractivity contribution >= 4 is 33.6 Å². The van der Waals surface area contributed by atoms with E-state index in [2.05, 4.69) is 154 Å². The lowest BCUT2D eigenvalue weighted by atomic mass is 10.0. The van der Waals surface area contributed by atoms with Gasteiger partial charge in [0.05, 0.1) is 26.4 Å². The van der Waals surface area contributed by atoms with E-state index in [1.165, 1.54) is 135 Å². The van der Waals surface area contributed by atoms with Crippen molar-refractivity contribution in [1.29, 1.82) is 0 Å². The number of phosphoric acid groups is 2. The predicted molar refractivity (Wildman–Crippen MR) is 436 cm³/mol. The van der Waals surface area contributed by atoms with Crippen molar-refractivity contribution in [2.45, 2.75) is 360 Å². The number of hydrogen-bond acceptors (Lipinski definition) is 14. The van der Waals surface area contributed by atoms with Crippen molar-refractivity contribution < 1.29 is 75.8 Å². The molecule has 0 rings (SSSR count). The first-order chi connectivity index (χ1) is 51.2. The second-order valence-electron chi connectivity index (χ2n) is 27.5. The Kier molecular flexibility index (Phi) is 76.0. The van der Waals surface area contributed by atoms with Crippen molar-refractivity contribution in [1.82, 2.24) is 0 Å². The Bertz CT molecular complexity index is 2440. The number of aliphatic hydroxyl groups is 2. The number of hydrogen-bond donors (Lipinski definition) is 4. The van der Waals surface area contributed by atoms with Crippen molar-refractivity contribution in [3.05, 3.63) is 134 Å². The Balaban J connectivity index is 4.41. The van der Waals surface area contributed by atoms with Gasteiger partial charge >= 0.3 is 33.6 Å². The van der Waals surface area contributed by atoms with Crippen molar-refractivity contribution in [3.8, 4) is 0 Å². The molecule has 0 fully saturated rings. The van der Waals surface area contributed by atoms with Gasteiger partial charge in [0.15, 0.2) is 6.10 Å².